The quantitative estimate of drug-likeness (QED) is 0.279. The van der Waals surface area contributed by atoms with Crippen LogP contribution in [-0.2, 0) is 4.74 Å². The average molecular weight is 193 g/mol. The van der Waals surface area contributed by atoms with Gasteiger partial charge in [-0.2, -0.15) is 0 Å². The van der Waals surface area contributed by atoms with Crippen LogP contribution in [-0.4, -0.2) is 29.7 Å². The smallest absolute Gasteiger partial charge is 0.413 e. The molecule has 0 aromatic heterocycles. The number of nitrogens with zero attached hydrogens (tertiary/aromatic N) is 2. The molecular weight excluding hydrogens is 186 g/mol. The standard InChI is InChI=1S/C4H7N3O4S/c1-11-4(8)5-3(12-2)6-7(9)10/h1-2H3,(H,5,6,8). The highest BCUT2D eigenvalue weighted by Crippen LogP contribution is 1.95. The monoisotopic (exact) mass is 193 g/mol. The van der Waals surface area contributed by atoms with E-state index in [9.17, 15) is 14.9 Å². The summed E-state index contributed by atoms with van der Waals surface area (Å²) in [6.45, 7) is 0. The first-order chi connectivity index (χ1) is 5.60. The van der Waals surface area contributed by atoms with Crippen LogP contribution in [0.5, 0.6) is 0 Å². The van der Waals surface area contributed by atoms with Crippen LogP contribution in [0.2, 0.25) is 0 Å². The number of nitro groups is 1. The highest BCUT2D eigenvalue weighted by Gasteiger charge is 2.07. The third kappa shape index (κ3) is 4.50. The Kier molecular flexibility index (Phi) is 4.77. The topological polar surface area (TPSA) is 93.8 Å². The Labute approximate surface area is 72.3 Å². The number of amides is 1. The first-order valence-corrected chi connectivity index (χ1v) is 3.94. The highest BCUT2D eigenvalue weighted by atomic mass is 32.2. The zero-order valence-electron chi connectivity index (χ0n) is 6.44. The highest BCUT2D eigenvalue weighted by molar-refractivity contribution is 8.13. The van der Waals surface area contributed by atoms with E-state index in [1.165, 1.54) is 6.26 Å². The summed E-state index contributed by atoms with van der Waals surface area (Å²) in [5, 5.41) is 13.8. The molecule has 0 saturated carbocycles. The predicted molar refractivity (Wildman–Crippen MR) is 43.5 cm³/mol. The van der Waals surface area contributed by atoms with E-state index in [0.29, 0.717) is 0 Å². The van der Waals surface area contributed by atoms with Crippen LogP contribution in [0.4, 0.5) is 4.79 Å². The number of hydrazone groups is 1. The number of thioether (sulfide) groups is 1. The minimum Gasteiger partial charge on any atom is -0.453 e. The lowest BCUT2D eigenvalue weighted by atomic mass is 11.0. The molecule has 7 nitrogen and oxygen atoms in total. The number of hydrogen-bond donors (Lipinski definition) is 1. The van der Waals surface area contributed by atoms with Gasteiger partial charge in [0.05, 0.1) is 12.2 Å². The lowest BCUT2D eigenvalue weighted by Crippen LogP contribution is -2.28. The van der Waals surface area contributed by atoms with Gasteiger partial charge in [-0.1, -0.05) is 11.8 Å². The molecule has 0 spiro atoms. The van der Waals surface area contributed by atoms with Crippen molar-refractivity contribution in [2.45, 2.75) is 0 Å². The lowest BCUT2D eigenvalue weighted by molar-refractivity contribution is -0.484. The molecule has 0 saturated heterocycles. The molecule has 8 heteroatoms. The van der Waals surface area contributed by atoms with Crippen LogP contribution >= 0.6 is 11.8 Å². The first kappa shape index (κ1) is 10.7. The average Bonchev–Trinajstić information content (AvgIpc) is 2.02. The molecule has 0 bridgehead atoms. The fraction of sp³-hybridized carbons (Fsp3) is 0.500. The van der Waals surface area contributed by atoms with Crippen molar-refractivity contribution < 1.29 is 14.6 Å². The van der Waals surface area contributed by atoms with Crippen LogP contribution in [0.3, 0.4) is 0 Å². The minimum absolute atomic E-state index is 0.119. The predicted octanol–water partition coefficient (Wildman–Crippen LogP) is 0.253. The van der Waals surface area contributed by atoms with Crippen LogP contribution in [0.1, 0.15) is 0 Å². The van der Waals surface area contributed by atoms with Gasteiger partial charge >= 0.3 is 6.09 Å². The van der Waals surface area contributed by atoms with Gasteiger partial charge in [0.15, 0.2) is 5.03 Å². The Morgan fingerprint density at radius 3 is 2.67 bits per heavy atom. The minimum atomic E-state index is -0.901. The molecule has 68 valence electrons. The molecular formula is C4H7N3O4S. The molecule has 0 aromatic rings. The lowest BCUT2D eigenvalue weighted by Gasteiger charge is -1.99. The summed E-state index contributed by atoms with van der Waals surface area (Å²) < 4.78 is 4.20. The number of hydrogen-bond acceptors (Lipinski definition) is 5. The Balaban J connectivity index is 4.17. The SMILES string of the molecule is COC(=O)NC(=N[N+](=O)[O-])SC. The van der Waals surface area contributed by atoms with E-state index in [2.05, 4.69) is 15.2 Å². The Morgan fingerprint density at radius 1 is 1.75 bits per heavy atom. The summed E-state index contributed by atoms with van der Waals surface area (Å²) in [5.41, 5.74) is 0. The number of nitrogens with one attached hydrogen (secondary N) is 1. The second kappa shape index (κ2) is 5.35. The van der Waals surface area contributed by atoms with Gasteiger partial charge in [0.2, 0.25) is 5.17 Å². The van der Waals surface area contributed by atoms with Gasteiger partial charge in [0.1, 0.15) is 0 Å². The van der Waals surface area contributed by atoms with Crippen molar-refractivity contribution in [1.29, 1.82) is 0 Å². The number of alkyl carbamates (subject to hydrolysis) is 1. The van der Waals surface area contributed by atoms with Gasteiger partial charge in [-0.25, -0.2) is 14.9 Å². The van der Waals surface area contributed by atoms with Crippen LogP contribution in [0, 0.1) is 10.1 Å². The molecule has 1 amide bonds. The summed E-state index contributed by atoms with van der Waals surface area (Å²) in [5.74, 6) is 0. The Hall–Kier alpha value is -1.31. The summed E-state index contributed by atoms with van der Waals surface area (Å²) in [6.07, 6.45) is 0.753. The number of rotatable bonds is 1. The van der Waals surface area contributed by atoms with E-state index >= 15 is 0 Å². The molecule has 0 atom stereocenters. The van der Waals surface area contributed by atoms with Crippen molar-refractivity contribution >= 4 is 23.0 Å². The maximum Gasteiger partial charge on any atom is 0.413 e. The maximum atomic E-state index is 10.5. The van der Waals surface area contributed by atoms with E-state index < -0.39 is 11.1 Å². The van der Waals surface area contributed by atoms with E-state index in [0.717, 1.165) is 18.9 Å². The summed E-state index contributed by atoms with van der Waals surface area (Å²) in [7, 11) is 1.15. The molecule has 0 aliphatic carbocycles. The molecule has 0 aliphatic heterocycles. The molecule has 0 aliphatic rings. The van der Waals surface area contributed by atoms with Crippen molar-refractivity contribution in [3.63, 3.8) is 0 Å². The summed E-state index contributed by atoms with van der Waals surface area (Å²) in [6, 6.07) is 0. The zero-order chi connectivity index (χ0) is 9.56. The van der Waals surface area contributed by atoms with Crippen LogP contribution < -0.4 is 5.32 Å². The second-order valence-corrected chi connectivity index (χ2v) is 2.26. The van der Waals surface area contributed by atoms with E-state index in [4.69, 9.17) is 0 Å². The number of methoxy groups -OCH3 is 1. The van der Waals surface area contributed by atoms with Crippen molar-refractivity contribution in [3.05, 3.63) is 10.1 Å². The van der Waals surface area contributed by atoms with Gasteiger partial charge in [-0.15, -0.1) is 0 Å². The molecule has 0 fully saturated rings. The summed E-state index contributed by atoms with van der Waals surface area (Å²) in [4.78, 5) is 20.4. The van der Waals surface area contributed by atoms with Crippen molar-refractivity contribution in [2.75, 3.05) is 13.4 Å². The molecule has 0 rings (SSSR count). The van der Waals surface area contributed by atoms with E-state index in [-0.39, 0.29) is 5.17 Å². The molecule has 12 heavy (non-hydrogen) atoms. The fourth-order valence-corrected chi connectivity index (χ4v) is 0.663. The molecule has 0 radical (unpaired) electrons. The summed E-state index contributed by atoms with van der Waals surface area (Å²) >= 11 is 0.938. The largest absolute Gasteiger partial charge is 0.453 e. The van der Waals surface area contributed by atoms with Crippen molar-refractivity contribution in [3.8, 4) is 0 Å². The van der Waals surface area contributed by atoms with Gasteiger partial charge in [-0.3, -0.25) is 5.32 Å². The van der Waals surface area contributed by atoms with Crippen molar-refractivity contribution in [2.24, 2.45) is 5.10 Å². The molecule has 1 N–H and O–H groups in total. The van der Waals surface area contributed by atoms with Gasteiger partial charge in [-0.05, 0) is 6.26 Å². The first-order valence-electron chi connectivity index (χ1n) is 2.72. The fourth-order valence-electron chi connectivity index (χ4n) is 0.329. The van der Waals surface area contributed by atoms with Gasteiger partial charge in [0, 0.05) is 0 Å². The van der Waals surface area contributed by atoms with Gasteiger partial charge < -0.3 is 4.74 Å². The maximum absolute atomic E-state index is 10.5. The molecule has 0 unspecified atom stereocenters. The number of carbonyl (C=O) groups is 1. The second-order valence-electron chi connectivity index (χ2n) is 1.46. The number of amidine groups is 1. The number of ether oxygens (including phenoxy) is 1. The van der Waals surface area contributed by atoms with E-state index in [1.54, 1.807) is 0 Å². The van der Waals surface area contributed by atoms with Crippen molar-refractivity contribution in [1.82, 2.24) is 5.32 Å². The normalized spacial score (nSPS) is 10.7. The van der Waals surface area contributed by atoms with Crippen LogP contribution in [0.15, 0.2) is 5.10 Å². The Morgan fingerprint density at radius 2 is 2.33 bits per heavy atom. The third-order valence-corrected chi connectivity index (χ3v) is 1.33. The molecule has 0 aromatic carbocycles. The van der Waals surface area contributed by atoms with Crippen LogP contribution in [0.25, 0.3) is 0 Å². The Bertz CT molecular complexity index is 216. The number of carbonyl (C=O) groups excluding carboxylic acids is 1. The van der Waals surface area contributed by atoms with Gasteiger partial charge in [0.25, 0.3) is 0 Å². The van der Waals surface area contributed by atoms with E-state index in [1.807, 2.05) is 0 Å². The zero-order valence-corrected chi connectivity index (χ0v) is 7.25. The molecule has 0 heterocycles. The third-order valence-electron chi connectivity index (χ3n) is 0.760.